The van der Waals surface area contributed by atoms with Gasteiger partial charge in [0, 0.05) is 5.33 Å². The van der Waals surface area contributed by atoms with Crippen molar-refractivity contribution in [2.45, 2.75) is 28.2 Å². The van der Waals surface area contributed by atoms with Gasteiger partial charge in [0.25, 0.3) is 0 Å². The molecule has 118 valence electrons. The summed E-state index contributed by atoms with van der Waals surface area (Å²) in [6, 6.07) is 15.1. The lowest BCUT2D eigenvalue weighted by atomic mass is 10.1. The highest BCUT2D eigenvalue weighted by Gasteiger charge is 2.26. The van der Waals surface area contributed by atoms with Gasteiger partial charge in [-0.15, -0.1) is 11.8 Å². The smallest absolute Gasteiger partial charge is 0.190 e. The van der Waals surface area contributed by atoms with E-state index in [9.17, 15) is 8.42 Å². The number of alkyl halides is 1. The van der Waals surface area contributed by atoms with Crippen molar-refractivity contribution in [2.75, 3.05) is 6.26 Å². The molecule has 0 aliphatic rings. The maximum absolute atomic E-state index is 12.8. The van der Waals surface area contributed by atoms with E-state index >= 15 is 0 Å². The van der Waals surface area contributed by atoms with Crippen LogP contribution in [0.1, 0.15) is 16.7 Å². The van der Waals surface area contributed by atoms with Crippen molar-refractivity contribution in [1.82, 2.24) is 0 Å². The van der Waals surface area contributed by atoms with Crippen molar-refractivity contribution in [3.05, 3.63) is 65.2 Å². The van der Waals surface area contributed by atoms with Crippen LogP contribution in [-0.4, -0.2) is 19.3 Å². The number of sulfone groups is 1. The molecule has 0 radical (unpaired) electrons. The van der Waals surface area contributed by atoms with Crippen molar-refractivity contribution < 1.29 is 8.42 Å². The Morgan fingerprint density at radius 2 is 1.55 bits per heavy atom. The molecule has 1 atom stereocenters. The molecule has 2 aromatic rings. The van der Waals surface area contributed by atoms with Crippen molar-refractivity contribution in [3.63, 3.8) is 0 Å². The summed E-state index contributed by atoms with van der Waals surface area (Å²) in [5.41, 5.74) is 3.29. The Morgan fingerprint density at radius 1 is 1.00 bits per heavy atom. The third-order valence-corrected chi connectivity index (χ3v) is 8.00. The van der Waals surface area contributed by atoms with Gasteiger partial charge in [0.1, 0.15) is 4.58 Å². The van der Waals surface area contributed by atoms with Gasteiger partial charge >= 0.3 is 0 Å². The molecule has 0 N–H and O–H groups in total. The van der Waals surface area contributed by atoms with E-state index in [1.54, 1.807) is 12.1 Å². The largest absolute Gasteiger partial charge is 0.223 e. The Bertz CT molecular complexity index is 707. The number of aryl methyl sites for hydroxylation is 1. The normalized spacial score (nSPS) is 13.0. The zero-order valence-electron chi connectivity index (χ0n) is 12.6. The van der Waals surface area contributed by atoms with Crippen molar-refractivity contribution in [3.8, 4) is 0 Å². The van der Waals surface area contributed by atoms with Crippen LogP contribution in [0.5, 0.6) is 0 Å². The lowest BCUT2D eigenvalue weighted by Gasteiger charge is -2.16. The third-order valence-electron chi connectivity index (χ3n) is 3.54. The first-order valence-corrected chi connectivity index (χ1v) is 10.9. The van der Waals surface area contributed by atoms with Gasteiger partial charge in [-0.25, -0.2) is 8.42 Å². The summed E-state index contributed by atoms with van der Waals surface area (Å²) in [6.45, 7) is 1.95. The second-order valence-electron chi connectivity index (χ2n) is 5.18. The summed E-state index contributed by atoms with van der Waals surface area (Å²) in [5.74, 6) is 0. The molecule has 0 spiro atoms. The number of hydrogen-bond donors (Lipinski definition) is 0. The monoisotopic (exact) mass is 398 g/mol. The van der Waals surface area contributed by atoms with Crippen LogP contribution in [0, 0.1) is 6.92 Å². The van der Waals surface area contributed by atoms with Crippen LogP contribution in [0.2, 0.25) is 0 Å². The fourth-order valence-corrected chi connectivity index (χ4v) is 5.47. The Balaban J connectivity index is 2.24. The molecular formula is C17H19BrO2S2. The van der Waals surface area contributed by atoms with Gasteiger partial charge in [0.05, 0.1) is 4.90 Å². The Labute approximate surface area is 145 Å². The highest BCUT2D eigenvalue weighted by Crippen LogP contribution is 2.26. The van der Waals surface area contributed by atoms with E-state index < -0.39 is 14.4 Å². The minimum Gasteiger partial charge on any atom is -0.223 e. The maximum atomic E-state index is 12.8. The van der Waals surface area contributed by atoms with Gasteiger partial charge in [-0.2, -0.15) is 0 Å². The number of rotatable bonds is 6. The standard InChI is InChI=1S/C17H19BrO2S2/c1-13-3-9-16(10-4-13)22(19,20)17(21-2)11-14-5-7-15(12-18)8-6-14/h3-10,17H,11-12H2,1-2H3. The molecule has 0 saturated heterocycles. The van der Waals surface area contributed by atoms with E-state index in [0.29, 0.717) is 11.3 Å². The summed E-state index contributed by atoms with van der Waals surface area (Å²) >= 11 is 4.80. The van der Waals surface area contributed by atoms with Crippen LogP contribution in [0.3, 0.4) is 0 Å². The Kier molecular flexibility index (Phi) is 6.12. The SMILES string of the molecule is CSC(Cc1ccc(CBr)cc1)S(=O)(=O)c1ccc(C)cc1. The van der Waals surface area contributed by atoms with E-state index in [-0.39, 0.29) is 0 Å². The highest BCUT2D eigenvalue weighted by atomic mass is 79.9. The molecule has 0 aromatic heterocycles. The summed E-state index contributed by atoms with van der Waals surface area (Å²) in [6.07, 6.45) is 2.36. The topological polar surface area (TPSA) is 34.1 Å². The first-order valence-electron chi connectivity index (χ1n) is 6.94. The van der Waals surface area contributed by atoms with E-state index in [2.05, 4.69) is 15.9 Å². The van der Waals surface area contributed by atoms with E-state index in [4.69, 9.17) is 0 Å². The number of benzene rings is 2. The highest BCUT2D eigenvalue weighted by molar-refractivity contribution is 9.08. The molecule has 0 bridgehead atoms. The zero-order valence-corrected chi connectivity index (χ0v) is 15.8. The average molecular weight is 399 g/mol. The molecule has 0 amide bonds. The van der Waals surface area contributed by atoms with Gasteiger partial charge < -0.3 is 0 Å². The molecule has 2 rings (SSSR count). The lowest BCUT2D eigenvalue weighted by molar-refractivity contribution is 0.592. The number of thioether (sulfide) groups is 1. The Morgan fingerprint density at radius 3 is 2.05 bits per heavy atom. The molecule has 2 nitrogen and oxygen atoms in total. The first-order chi connectivity index (χ1) is 10.5. The quantitative estimate of drug-likeness (QED) is 0.666. The Hall–Kier alpha value is -0.780. The predicted octanol–water partition coefficient (Wildman–Crippen LogP) is 4.60. The molecule has 2 aromatic carbocycles. The van der Waals surface area contributed by atoms with Crippen molar-refractivity contribution >= 4 is 37.5 Å². The summed E-state index contributed by atoms with van der Waals surface area (Å²) in [5, 5.41) is 0.806. The molecule has 0 aliphatic carbocycles. The minimum atomic E-state index is -3.33. The van der Waals surface area contributed by atoms with Crippen molar-refractivity contribution in [1.29, 1.82) is 0 Å². The van der Waals surface area contributed by atoms with Gasteiger partial charge in [0.15, 0.2) is 9.84 Å². The fourth-order valence-electron chi connectivity index (χ4n) is 2.16. The van der Waals surface area contributed by atoms with E-state index in [1.165, 1.54) is 17.3 Å². The van der Waals surface area contributed by atoms with Gasteiger partial charge in [0.2, 0.25) is 0 Å². The number of halogens is 1. The molecule has 0 aliphatic heterocycles. The predicted molar refractivity (Wildman–Crippen MR) is 98.4 cm³/mol. The molecule has 22 heavy (non-hydrogen) atoms. The van der Waals surface area contributed by atoms with Crippen LogP contribution in [0.25, 0.3) is 0 Å². The second kappa shape index (κ2) is 7.66. The van der Waals surface area contributed by atoms with Crippen LogP contribution < -0.4 is 0 Å². The maximum Gasteiger partial charge on any atom is 0.190 e. The van der Waals surface area contributed by atoms with Crippen LogP contribution in [0.4, 0.5) is 0 Å². The van der Waals surface area contributed by atoms with E-state index in [0.717, 1.165) is 16.5 Å². The average Bonchev–Trinajstić information content (AvgIpc) is 2.53. The third kappa shape index (κ3) is 4.15. The van der Waals surface area contributed by atoms with Gasteiger partial charge in [-0.05, 0) is 42.9 Å². The molecular weight excluding hydrogens is 380 g/mol. The van der Waals surface area contributed by atoms with Gasteiger partial charge in [-0.1, -0.05) is 57.9 Å². The zero-order chi connectivity index (χ0) is 16.2. The molecule has 0 fully saturated rings. The first kappa shape index (κ1) is 17.6. The molecule has 0 saturated carbocycles. The summed E-state index contributed by atoms with van der Waals surface area (Å²) < 4.78 is 25.1. The minimum absolute atomic E-state index is 0.398. The summed E-state index contributed by atoms with van der Waals surface area (Å²) in [4.78, 5) is 0.398. The molecule has 5 heteroatoms. The van der Waals surface area contributed by atoms with Crippen molar-refractivity contribution in [2.24, 2.45) is 0 Å². The second-order valence-corrected chi connectivity index (χ2v) is 9.21. The van der Waals surface area contributed by atoms with Crippen LogP contribution in [0.15, 0.2) is 53.4 Å². The van der Waals surface area contributed by atoms with E-state index in [1.807, 2.05) is 49.6 Å². The van der Waals surface area contributed by atoms with Crippen LogP contribution >= 0.6 is 27.7 Å². The van der Waals surface area contributed by atoms with Gasteiger partial charge in [-0.3, -0.25) is 0 Å². The lowest BCUT2D eigenvalue weighted by Crippen LogP contribution is -2.20. The van der Waals surface area contributed by atoms with Crippen LogP contribution in [-0.2, 0) is 21.6 Å². The molecule has 1 unspecified atom stereocenters. The number of hydrogen-bond acceptors (Lipinski definition) is 3. The summed E-state index contributed by atoms with van der Waals surface area (Å²) in [7, 11) is -3.33. The molecule has 0 heterocycles. The fraction of sp³-hybridized carbons (Fsp3) is 0.294.